The molecule has 0 aliphatic heterocycles. The van der Waals surface area contributed by atoms with Gasteiger partial charge in [-0.15, -0.1) is 0 Å². The fourth-order valence-corrected chi connectivity index (χ4v) is 2.04. The summed E-state index contributed by atoms with van der Waals surface area (Å²) >= 11 is 5.83. The van der Waals surface area contributed by atoms with Crippen molar-refractivity contribution < 1.29 is 19.4 Å². The highest BCUT2D eigenvalue weighted by molar-refractivity contribution is 6.30. The number of hydrogen-bond acceptors (Lipinski definition) is 4. The van der Waals surface area contributed by atoms with E-state index in [2.05, 4.69) is 10.4 Å². The Bertz CT molecular complexity index is 781. The van der Waals surface area contributed by atoms with Crippen LogP contribution in [0.15, 0.2) is 36.7 Å². The third-order valence-electron chi connectivity index (χ3n) is 3.67. The predicted octanol–water partition coefficient (Wildman–Crippen LogP) is 3.15. The number of carboxylic acids is 1. The van der Waals surface area contributed by atoms with E-state index in [0.717, 1.165) is 0 Å². The number of ether oxygens (including phenoxy) is 1. The zero-order chi connectivity index (χ0) is 18.8. The number of aliphatic carboxylic acids is 1. The van der Waals surface area contributed by atoms with Gasteiger partial charge in [0.2, 0.25) is 0 Å². The van der Waals surface area contributed by atoms with E-state index in [4.69, 9.17) is 16.3 Å². The molecule has 1 amide bonds. The van der Waals surface area contributed by atoms with Crippen LogP contribution < -0.4 is 10.1 Å². The largest absolute Gasteiger partial charge is 0.479 e. The molecule has 1 aromatic carbocycles. The summed E-state index contributed by atoms with van der Waals surface area (Å²) in [7, 11) is 0. The van der Waals surface area contributed by atoms with Crippen molar-refractivity contribution in [1.29, 1.82) is 0 Å². The maximum Gasteiger partial charge on any atom is 0.331 e. The normalized spacial score (nSPS) is 11.9. The van der Waals surface area contributed by atoms with Crippen molar-refractivity contribution >= 4 is 29.2 Å². The van der Waals surface area contributed by atoms with Crippen LogP contribution in [-0.2, 0) is 15.1 Å². The van der Waals surface area contributed by atoms with Gasteiger partial charge in [-0.3, -0.25) is 9.48 Å². The molecule has 8 heteroatoms. The van der Waals surface area contributed by atoms with Crippen LogP contribution in [0, 0.1) is 0 Å². The SMILES string of the molecule is CC(C)(Oc1ccc(Cl)cc1)C(=O)Nc1cnn(C(C)(C)C(=O)O)c1. The van der Waals surface area contributed by atoms with Gasteiger partial charge in [0.15, 0.2) is 11.1 Å². The van der Waals surface area contributed by atoms with Crippen molar-refractivity contribution in [2.45, 2.75) is 38.8 Å². The Balaban J connectivity index is 2.09. The minimum atomic E-state index is -1.22. The summed E-state index contributed by atoms with van der Waals surface area (Å²) in [5, 5.41) is 16.5. The van der Waals surface area contributed by atoms with E-state index < -0.39 is 23.0 Å². The third kappa shape index (κ3) is 4.30. The Kier molecular flexibility index (Phi) is 5.08. The molecule has 0 fully saturated rings. The lowest BCUT2D eigenvalue weighted by atomic mass is 10.1. The van der Waals surface area contributed by atoms with Crippen molar-refractivity contribution in [2.24, 2.45) is 0 Å². The smallest absolute Gasteiger partial charge is 0.331 e. The molecule has 134 valence electrons. The van der Waals surface area contributed by atoms with E-state index in [1.54, 1.807) is 38.1 Å². The highest BCUT2D eigenvalue weighted by Gasteiger charge is 2.32. The highest BCUT2D eigenvalue weighted by atomic mass is 35.5. The second-order valence-corrected chi connectivity index (χ2v) is 6.99. The van der Waals surface area contributed by atoms with Crippen LogP contribution in [0.25, 0.3) is 0 Å². The predicted molar refractivity (Wildman–Crippen MR) is 94.0 cm³/mol. The van der Waals surface area contributed by atoms with E-state index >= 15 is 0 Å². The molecule has 25 heavy (non-hydrogen) atoms. The number of benzene rings is 1. The molecule has 0 aliphatic rings. The van der Waals surface area contributed by atoms with E-state index in [1.807, 2.05) is 0 Å². The lowest BCUT2D eigenvalue weighted by Crippen LogP contribution is -2.42. The molecular weight excluding hydrogens is 346 g/mol. The van der Waals surface area contributed by atoms with Gasteiger partial charge in [-0.25, -0.2) is 4.79 Å². The second-order valence-electron chi connectivity index (χ2n) is 6.56. The summed E-state index contributed by atoms with van der Waals surface area (Å²) in [6, 6.07) is 6.68. The first-order chi connectivity index (χ1) is 11.5. The number of halogens is 1. The zero-order valence-corrected chi connectivity index (χ0v) is 15.2. The summed E-state index contributed by atoms with van der Waals surface area (Å²) in [4.78, 5) is 23.7. The molecule has 1 heterocycles. The van der Waals surface area contributed by atoms with Gasteiger partial charge in [0.1, 0.15) is 5.75 Å². The molecule has 0 aliphatic carbocycles. The summed E-state index contributed by atoms with van der Waals surface area (Å²) < 4.78 is 6.99. The number of amides is 1. The topological polar surface area (TPSA) is 93.5 Å². The summed E-state index contributed by atoms with van der Waals surface area (Å²) in [6.45, 7) is 6.29. The van der Waals surface area contributed by atoms with Crippen molar-refractivity contribution in [1.82, 2.24) is 9.78 Å². The van der Waals surface area contributed by atoms with E-state index in [0.29, 0.717) is 16.5 Å². The highest BCUT2D eigenvalue weighted by Crippen LogP contribution is 2.23. The lowest BCUT2D eigenvalue weighted by Gasteiger charge is -2.25. The van der Waals surface area contributed by atoms with Gasteiger partial charge >= 0.3 is 5.97 Å². The molecule has 0 radical (unpaired) electrons. The van der Waals surface area contributed by atoms with Crippen molar-refractivity contribution in [3.05, 3.63) is 41.7 Å². The van der Waals surface area contributed by atoms with E-state index in [9.17, 15) is 14.7 Å². The van der Waals surface area contributed by atoms with Crippen molar-refractivity contribution in [2.75, 3.05) is 5.32 Å². The van der Waals surface area contributed by atoms with Gasteiger partial charge in [-0.2, -0.15) is 5.10 Å². The molecular formula is C17H20ClN3O4. The van der Waals surface area contributed by atoms with Crippen LogP contribution in [0.1, 0.15) is 27.7 Å². The van der Waals surface area contributed by atoms with E-state index in [1.165, 1.54) is 30.9 Å². The Morgan fingerprint density at radius 3 is 2.36 bits per heavy atom. The second kappa shape index (κ2) is 6.76. The molecule has 0 unspecified atom stereocenters. The molecule has 0 saturated heterocycles. The van der Waals surface area contributed by atoms with Gasteiger partial charge in [-0.1, -0.05) is 11.6 Å². The van der Waals surface area contributed by atoms with Crippen LogP contribution in [0.4, 0.5) is 5.69 Å². The minimum Gasteiger partial charge on any atom is -0.479 e. The van der Waals surface area contributed by atoms with Crippen LogP contribution in [0.2, 0.25) is 5.02 Å². The zero-order valence-electron chi connectivity index (χ0n) is 14.4. The first-order valence-electron chi connectivity index (χ1n) is 7.57. The maximum atomic E-state index is 12.5. The number of nitrogens with zero attached hydrogens (tertiary/aromatic N) is 2. The van der Waals surface area contributed by atoms with Crippen LogP contribution in [0.3, 0.4) is 0 Å². The third-order valence-corrected chi connectivity index (χ3v) is 3.92. The average Bonchev–Trinajstić information content (AvgIpc) is 2.98. The lowest BCUT2D eigenvalue weighted by molar-refractivity contribution is -0.146. The number of carbonyl (C=O) groups excluding carboxylic acids is 1. The Hall–Kier alpha value is -2.54. The Labute approximate surface area is 150 Å². The van der Waals surface area contributed by atoms with E-state index in [-0.39, 0.29) is 0 Å². The first-order valence-corrected chi connectivity index (χ1v) is 7.95. The number of nitrogens with one attached hydrogen (secondary N) is 1. The summed E-state index contributed by atoms with van der Waals surface area (Å²) in [5.41, 5.74) is -2.00. The van der Waals surface area contributed by atoms with Gasteiger partial charge in [0.05, 0.1) is 11.9 Å². The average molecular weight is 366 g/mol. The standard InChI is InChI=1S/C17H20ClN3O4/c1-16(2,15(23)24)21-10-12(9-19-21)20-14(22)17(3,4)25-13-7-5-11(18)6-8-13/h5-10H,1-4H3,(H,20,22)(H,23,24). The molecule has 1 aromatic heterocycles. The minimum absolute atomic E-state index is 0.382. The number of rotatable bonds is 6. The van der Waals surface area contributed by atoms with Gasteiger partial charge in [0, 0.05) is 11.2 Å². The number of hydrogen-bond donors (Lipinski definition) is 2. The fraction of sp³-hybridized carbons (Fsp3) is 0.353. The Morgan fingerprint density at radius 2 is 1.80 bits per heavy atom. The summed E-state index contributed by atoms with van der Waals surface area (Å²) in [5.74, 6) is -0.915. The molecule has 0 saturated carbocycles. The van der Waals surface area contributed by atoms with Crippen LogP contribution >= 0.6 is 11.6 Å². The van der Waals surface area contributed by atoms with Crippen LogP contribution in [0.5, 0.6) is 5.75 Å². The van der Waals surface area contributed by atoms with Gasteiger partial charge in [0.25, 0.3) is 5.91 Å². The van der Waals surface area contributed by atoms with Gasteiger partial charge < -0.3 is 15.2 Å². The molecule has 2 N–H and O–H groups in total. The quantitative estimate of drug-likeness (QED) is 0.820. The molecule has 7 nitrogen and oxygen atoms in total. The molecule has 0 atom stereocenters. The van der Waals surface area contributed by atoms with Crippen molar-refractivity contribution in [3.8, 4) is 5.75 Å². The molecule has 2 aromatic rings. The monoisotopic (exact) mass is 365 g/mol. The Morgan fingerprint density at radius 1 is 1.20 bits per heavy atom. The fourth-order valence-electron chi connectivity index (χ4n) is 1.92. The number of anilines is 1. The summed E-state index contributed by atoms with van der Waals surface area (Å²) in [6.07, 6.45) is 2.85. The van der Waals surface area contributed by atoms with Gasteiger partial charge in [-0.05, 0) is 52.0 Å². The first kappa shape index (κ1) is 18.8. The van der Waals surface area contributed by atoms with Crippen LogP contribution in [-0.4, -0.2) is 32.4 Å². The number of carbonyl (C=O) groups is 2. The molecule has 2 rings (SSSR count). The molecule has 0 spiro atoms. The van der Waals surface area contributed by atoms with Crippen molar-refractivity contribution in [3.63, 3.8) is 0 Å². The number of carboxylic acid groups (broad SMARTS) is 1. The number of aromatic nitrogens is 2. The molecule has 0 bridgehead atoms. The maximum absolute atomic E-state index is 12.5.